The third-order valence-electron chi connectivity index (χ3n) is 10.3. The lowest BCUT2D eigenvalue weighted by Crippen LogP contribution is -2.61. The van der Waals surface area contributed by atoms with E-state index in [1.165, 1.54) is 18.0 Å². The monoisotopic (exact) mass is 902 g/mol. The van der Waals surface area contributed by atoms with E-state index in [9.17, 15) is 48.2 Å². The van der Waals surface area contributed by atoms with Gasteiger partial charge in [-0.2, -0.15) is 0 Å². The number of rotatable bonds is 25. The minimum absolute atomic E-state index is 0.100. The first kappa shape index (κ1) is 50.0. The molecule has 346 valence electrons. The van der Waals surface area contributed by atoms with E-state index >= 15 is 0 Å². The Bertz CT molecular complexity index is 2120. The van der Waals surface area contributed by atoms with Crippen LogP contribution in [0.15, 0.2) is 48.1 Å². The number of aromatic amines is 1. The SMILES string of the molecule is CC(=O)N1CCC[C@H]1C(=O)N[C@@H](CC(C)C)C(=O)N[C@@H](Cc1cncn1CCCCCO/N=C\c1ccc2[nH]ccc2c1)C(=O)N[C@@H](CO)C(=O)N[C@H](C(N)=O)[C@@H](C)OP(=O)(O)O. The van der Waals surface area contributed by atoms with Crippen molar-refractivity contribution in [2.45, 2.75) is 115 Å². The van der Waals surface area contributed by atoms with Gasteiger partial charge in [0.1, 0.15) is 36.8 Å². The summed E-state index contributed by atoms with van der Waals surface area (Å²) in [6, 6.07) is 0.991. The third-order valence-corrected chi connectivity index (χ3v) is 10.9. The van der Waals surface area contributed by atoms with Crippen molar-refractivity contribution in [3.05, 3.63) is 54.2 Å². The second-order valence-corrected chi connectivity index (χ2v) is 17.0. The number of hydrogen-bond acceptors (Lipinski definition) is 12. The number of amides is 6. The number of aliphatic hydroxyl groups is 1. The summed E-state index contributed by atoms with van der Waals surface area (Å²) < 4.78 is 17.7. The molecule has 6 amide bonds. The van der Waals surface area contributed by atoms with Crippen molar-refractivity contribution in [3.8, 4) is 0 Å². The molecule has 3 aromatic rings. The van der Waals surface area contributed by atoms with E-state index in [2.05, 4.69) is 40.9 Å². The first-order valence-electron chi connectivity index (χ1n) is 20.7. The second kappa shape index (κ2) is 23.7. The number of unbranched alkanes of at least 4 members (excludes halogenated alkanes) is 2. The largest absolute Gasteiger partial charge is 0.469 e. The highest BCUT2D eigenvalue weighted by Gasteiger charge is 2.37. The molecular formula is C40H59N10O12P. The zero-order valence-corrected chi connectivity index (χ0v) is 36.7. The predicted molar refractivity (Wildman–Crippen MR) is 228 cm³/mol. The van der Waals surface area contributed by atoms with Gasteiger partial charge in [0.2, 0.25) is 35.4 Å². The average Bonchev–Trinajstić information content (AvgIpc) is 4.00. The molecule has 1 aliphatic rings. The van der Waals surface area contributed by atoms with Crippen LogP contribution in [0.1, 0.15) is 77.5 Å². The van der Waals surface area contributed by atoms with Crippen LogP contribution in [0.5, 0.6) is 0 Å². The number of phosphoric acid groups is 1. The standard InChI is InChI=1S/C40H59N10O12P/c1-24(2)17-31(46-40(57)34-9-8-15-50(34)26(4)52)37(54)45-32(38(55)47-33(22-51)39(56)48-35(36(41)53)25(3)62-63(58,59)60)19-29-21-42-23-49(29)14-6-5-7-16-61-44-20-27-10-11-30-28(18-27)12-13-43-30/h10-13,18,20-21,23-25,31-35,43,51H,5-9,14-17,19,22H2,1-4H3,(H2,41,53)(H,45,54)(H,46,57)(H,47,55)(H,48,56)(H2,58,59,60)/b44-20-/t25-,31+,32+,33+,34+,35+/m1/s1. The minimum Gasteiger partial charge on any atom is -0.396 e. The lowest BCUT2D eigenvalue weighted by Gasteiger charge is -2.28. The fraction of sp³-hybridized carbons (Fsp3) is 0.550. The number of hydrogen-bond donors (Lipinski definition) is 9. The molecule has 0 radical (unpaired) electrons. The van der Waals surface area contributed by atoms with Gasteiger partial charge < -0.3 is 61.2 Å². The molecule has 6 atom stereocenters. The summed E-state index contributed by atoms with van der Waals surface area (Å²) in [4.78, 5) is 112. The fourth-order valence-corrected chi connectivity index (χ4v) is 7.70. The van der Waals surface area contributed by atoms with E-state index in [1.54, 1.807) is 17.1 Å². The van der Waals surface area contributed by atoms with E-state index < -0.39 is 80.3 Å². The van der Waals surface area contributed by atoms with Gasteiger partial charge in [-0.3, -0.25) is 33.3 Å². The number of fused-ring (bicyclic) bond motifs is 1. The summed E-state index contributed by atoms with van der Waals surface area (Å²) in [6.45, 7) is 6.36. The molecule has 22 nitrogen and oxygen atoms in total. The molecule has 0 spiro atoms. The number of primary amides is 1. The van der Waals surface area contributed by atoms with E-state index in [0.29, 0.717) is 51.1 Å². The maximum Gasteiger partial charge on any atom is 0.469 e. The summed E-state index contributed by atoms with van der Waals surface area (Å²) in [6.07, 6.45) is 8.11. The lowest BCUT2D eigenvalue weighted by atomic mass is 10.0. The third kappa shape index (κ3) is 15.6. The highest BCUT2D eigenvalue weighted by molar-refractivity contribution is 7.46. The summed E-state index contributed by atoms with van der Waals surface area (Å²) in [5.74, 6) is -4.96. The maximum absolute atomic E-state index is 14.0. The van der Waals surface area contributed by atoms with E-state index in [-0.39, 0.29) is 24.7 Å². The topological polar surface area (TPSA) is 322 Å². The second-order valence-electron chi connectivity index (χ2n) is 15.8. The molecule has 0 aliphatic carbocycles. The van der Waals surface area contributed by atoms with E-state index in [4.69, 9.17) is 10.6 Å². The van der Waals surface area contributed by atoms with Crippen molar-refractivity contribution in [1.82, 2.24) is 40.7 Å². The van der Waals surface area contributed by atoms with Crippen LogP contribution in [-0.2, 0) is 55.7 Å². The predicted octanol–water partition coefficient (Wildman–Crippen LogP) is 0.0995. The number of likely N-dealkylation sites (tertiary alicyclic amines) is 1. The lowest BCUT2D eigenvalue weighted by molar-refractivity contribution is -0.139. The number of nitrogens with zero attached hydrogens (tertiary/aromatic N) is 4. The molecule has 0 saturated carbocycles. The summed E-state index contributed by atoms with van der Waals surface area (Å²) >= 11 is 0. The molecule has 63 heavy (non-hydrogen) atoms. The van der Waals surface area contributed by atoms with Crippen LogP contribution in [-0.4, -0.2) is 132 Å². The van der Waals surface area contributed by atoms with Crippen LogP contribution in [0.4, 0.5) is 0 Å². The Morgan fingerprint density at radius 2 is 1.71 bits per heavy atom. The van der Waals surface area contributed by atoms with Crippen molar-refractivity contribution in [2.24, 2.45) is 16.8 Å². The Labute approximate surface area is 364 Å². The fourth-order valence-electron chi connectivity index (χ4n) is 7.14. The molecule has 0 unspecified atom stereocenters. The number of benzene rings is 1. The van der Waals surface area contributed by atoms with Gasteiger partial charge in [0.15, 0.2) is 0 Å². The van der Waals surface area contributed by atoms with E-state index in [0.717, 1.165) is 29.8 Å². The van der Waals surface area contributed by atoms with Crippen LogP contribution in [0.25, 0.3) is 10.9 Å². The number of nitrogens with two attached hydrogens (primary N) is 1. The van der Waals surface area contributed by atoms with Crippen molar-refractivity contribution < 1.29 is 57.6 Å². The molecule has 1 saturated heterocycles. The molecular weight excluding hydrogens is 843 g/mol. The van der Waals surface area contributed by atoms with Crippen LogP contribution in [0.3, 0.4) is 0 Å². The number of H-pyrrole nitrogens is 1. The maximum atomic E-state index is 14.0. The van der Waals surface area contributed by atoms with Crippen LogP contribution >= 0.6 is 7.82 Å². The number of aliphatic hydroxyl groups excluding tert-OH is 1. The Balaban J connectivity index is 1.45. The number of carbonyl (C=O) groups is 6. The number of imidazole rings is 1. The summed E-state index contributed by atoms with van der Waals surface area (Å²) in [5, 5.41) is 25.2. The van der Waals surface area contributed by atoms with Gasteiger partial charge in [0.25, 0.3) is 0 Å². The first-order valence-corrected chi connectivity index (χ1v) is 22.2. The molecule has 1 aromatic carbocycles. The molecule has 0 bridgehead atoms. The smallest absolute Gasteiger partial charge is 0.396 e. The van der Waals surface area contributed by atoms with Gasteiger partial charge in [-0.05, 0) is 80.5 Å². The number of aromatic nitrogens is 3. The average molecular weight is 903 g/mol. The molecule has 1 fully saturated rings. The van der Waals surface area contributed by atoms with E-state index in [1.807, 2.05) is 44.3 Å². The Morgan fingerprint density at radius 1 is 1.00 bits per heavy atom. The summed E-state index contributed by atoms with van der Waals surface area (Å²) in [7, 11) is -5.12. The molecule has 3 heterocycles. The van der Waals surface area contributed by atoms with Crippen molar-refractivity contribution in [2.75, 3.05) is 19.8 Å². The highest BCUT2D eigenvalue weighted by atomic mass is 31.2. The summed E-state index contributed by atoms with van der Waals surface area (Å²) in [5.41, 5.74) is 7.79. The van der Waals surface area contributed by atoms with Gasteiger partial charge >= 0.3 is 7.82 Å². The van der Waals surface area contributed by atoms with Crippen molar-refractivity contribution >= 4 is 60.4 Å². The van der Waals surface area contributed by atoms with Crippen molar-refractivity contribution in [3.63, 3.8) is 0 Å². The molecule has 10 N–H and O–H groups in total. The Hall–Kier alpha value is -5.67. The molecule has 1 aliphatic heterocycles. The number of carbonyl (C=O) groups excluding carboxylic acids is 6. The van der Waals surface area contributed by atoms with Crippen molar-refractivity contribution in [1.29, 1.82) is 0 Å². The van der Waals surface area contributed by atoms with Gasteiger partial charge in [0, 0.05) is 50.0 Å². The number of aryl methyl sites for hydroxylation is 1. The zero-order chi connectivity index (χ0) is 46.3. The molecule has 4 rings (SSSR count). The molecule has 23 heteroatoms. The van der Waals surface area contributed by atoms with Crippen LogP contribution in [0.2, 0.25) is 0 Å². The van der Waals surface area contributed by atoms with Gasteiger partial charge in [-0.1, -0.05) is 25.1 Å². The minimum atomic E-state index is -5.12. The first-order chi connectivity index (χ1) is 29.9. The number of phosphoric ester groups is 1. The number of oxime groups is 1. The Morgan fingerprint density at radius 3 is 2.40 bits per heavy atom. The quantitative estimate of drug-likeness (QED) is 0.0236. The zero-order valence-electron chi connectivity index (χ0n) is 35.8. The van der Waals surface area contributed by atoms with Crippen LogP contribution in [0, 0.1) is 5.92 Å². The Kier molecular flexibility index (Phi) is 18.8. The normalized spacial score (nSPS) is 16.6. The van der Waals surface area contributed by atoms with Gasteiger partial charge in [0.05, 0.1) is 25.3 Å². The highest BCUT2D eigenvalue weighted by Crippen LogP contribution is 2.38. The number of nitrogens with one attached hydrogen (secondary N) is 5. The van der Waals surface area contributed by atoms with Gasteiger partial charge in [-0.25, -0.2) is 9.55 Å². The molecule has 2 aromatic heterocycles. The van der Waals surface area contributed by atoms with Crippen LogP contribution < -0.4 is 27.0 Å². The van der Waals surface area contributed by atoms with Gasteiger partial charge in [-0.15, -0.1) is 0 Å².